The van der Waals surface area contributed by atoms with Gasteiger partial charge in [0.1, 0.15) is 5.84 Å². The number of rotatable bonds is 5. The molecule has 2 heterocycles. The van der Waals surface area contributed by atoms with E-state index in [1.165, 1.54) is 43.4 Å². The smallest absolute Gasteiger partial charge is 0.131 e. The quantitative estimate of drug-likeness (QED) is 0.629. The summed E-state index contributed by atoms with van der Waals surface area (Å²) in [7, 11) is 0. The molecule has 4 heteroatoms. The predicted molar refractivity (Wildman–Crippen MR) is 87.2 cm³/mol. The Morgan fingerprint density at radius 2 is 2.14 bits per heavy atom. The van der Waals surface area contributed by atoms with Gasteiger partial charge in [0.25, 0.3) is 0 Å². The van der Waals surface area contributed by atoms with Crippen LogP contribution in [0.4, 0.5) is 0 Å². The second-order valence-electron chi connectivity index (χ2n) is 6.77. The average Bonchev–Trinajstić information content (AvgIpc) is 3.22. The van der Waals surface area contributed by atoms with Crippen LogP contribution < -0.4 is 16.0 Å². The van der Waals surface area contributed by atoms with Crippen LogP contribution in [0.1, 0.15) is 52.4 Å². The van der Waals surface area contributed by atoms with Gasteiger partial charge in [0, 0.05) is 36.1 Å². The lowest BCUT2D eigenvalue weighted by Crippen LogP contribution is -2.47. The number of nitrogens with one attached hydrogen (secondary N) is 4. The van der Waals surface area contributed by atoms with Gasteiger partial charge >= 0.3 is 0 Å². The van der Waals surface area contributed by atoms with Crippen LogP contribution in [0.3, 0.4) is 0 Å². The maximum Gasteiger partial charge on any atom is 0.131 e. The van der Waals surface area contributed by atoms with Crippen LogP contribution in [0.15, 0.2) is 23.0 Å². The third-order valence-corrected chi connectivity index (χ3v) is 4.97. The lowest BCUT2D eigenvalue weighted by atomic mass is 9.97. The number of hydrogen-bond acceptors (Lipinski definition) is 3. The third-order valence-electron chi connectivity index (χ3n) is 4.97. The minimum atomic E-state index is 0.496. The van der Waals surface area contributed by atoms with Crippen LogP contribution in [-0.4, -0.2) is 24.5 Å². The molecular formula is C17H28N4. The minimum Gasteiger partial charge on any atom is -0.384 e. The van der Waals surface area contributed by atoms with Crippen LogP contribution >= 0.6 is 0 Å². The first-order chi connectivity index (χ1) is 10.2. The first-order valence-electron chi connectivity index (χ1n) is 8.43. The standard InChI is InChI=1S/C17H28N4/c1-3-14-6-7-15(10-19-14)21-11(2)16-13(8-12-4-5-12)9-20-17(16)18/h9,12,14-15,19,21H,3-8,10H2,1-2H3,(H2,18,20)/b16-11+/t14-,15+/m1/s1. The highest BCUT2D eigenvalue weighted by Crippen LogP contribution is 2.38. The zero-order valence-corrected chi connectivity index (χ0v) is 13.3. The van der Waals surface area contributed by atoms with Crippen LogP contribution in [0.25, 0.3) is 0 Å². The zero-order chi connectivity index (χ0) is 14.8. The Bertz CT molecular complexity index is 465. The Morgan fingerprint density at radius 1 is 1.33 bits per heavy atom. The maximum atomic E-state index is 8.13. The fourth-order valence-electron chi connectivity index (χ4n) is 3.45. The van der Waals surface area contributed by atoms with E-state index < -0.39 is 0 Å². The molecular weight excluding hydrogens is 260 g/mol. The first kappa shape index (κ1) is 14.6. The Morgan fingerprint density at radius 3 is 2.76 bits per heavy atom. The molecule has 1 aliphatic carbocycles. The van der Waals surface area contributed by atoms with Crippen molar-refractivity contribution in [2.24, 2.45) is 5.92 Å². The van der Waals surface area contributed by atoms with Gasteiger partial charge in [0.15, 0.2) is 0 Å². The van der Waals surface area contributed by atoms with Gasteiger partial charge < -0.3 is 16.0 Å². The van der Waals surface area contributed by atoms with E-state index >= 15 is 0 Å². The summed E-state index contributed by atoms with van der Waals surface area (Å²) in [6, 6.07) is 1.18. The van der Waals surface area contributed by atoms with Gasteiger partial charge in [-0.15, -0.1) is 0 Å². The fourth-order valence-corrected chi connectivity index (χ4v) is 3.45. The summed E-state index contributed by atoms with van der Waals surface area (Å²) >= 11 is 0. The van der Waals surface area contributed by atoms with Gasteiger partial charge in [-0.2, -0.15) is 0 Å². The molecule has 4 N–H and O–H groups in total. The van der Waals surface area contributed by atoms with Gasteiger partial charge in [0.05, 0.1) is 0 Å². The molecule has 0 aromatic heterocycles. The molecule has 2 aliphatic heterocycles. The van der Waals surface area contributed by atoms with Crippen LogP contribution in [0, 0.1) is 11.3 Å². The molecule has 0 bridgehead atoms. The number of piperidine rings is 1. The highest BCUT2D eigenvalue weighted by atomic mass is 15.0. The van der Waals surface area contributed by atoms with E-state index in [1.54, 1.807) is 0 Å². The van der Waals surface area contributed by atoms with Crippen molar-refractivity contribution in [3.63, 3.8) is 0 Å². The molecule has 0 amide bonds. The summed E-state index contributed by atoms with van der Waals surface area (Å²) < 4.78 is 0. The molecule has 116 valence electrons. The van der Waals surface area contributed by atoms with E-state index in [2.05, 4.69) is 29.8 Å². The molecule has 2 fully saturated rings. The Labute approximate surface area is 128 Å². The number of hydrogen-bond donors (Lipinski definition) is 4. The molecule has 0 spiro atoms. The fraction of sp³-hybridized carbons (Fsp3) is 0.706. The predicted octanol–water partition coefficient (Wildman–Crippen LogP) is 2.65. The molecule has 0 aromatic rings. The molecule has 1 saturated carbocycles. The van der Waals surface area contributed by atoms with Crippen molar-refractivity contribution in [3.05, 3.63) is 23.0 Å². The van der Waals surface area contributed by atoms with Crippen LogP contribution in [0.5, 0.6) is 0 Å². The van der Waals surface area contributed by atoms with Crippen molar-refractivity contribution in [1.29, 1.82) is 5.41 Å². The van der Waals surface area contributed by atoms with Gasteiger partial charge in [-0.25, -0.2) is 0 Å². The second kappa shape index (κ2) is 6.22. The van der Waals surface area contributed by atoms with Gasteiger partial charge in [-0.3, -0.25) is 5.41 Å². The van der Waals surface area contributed by atoms with E-state index in [0.717, 1.165) is 24.5 Å². The summed E-state index contributed by atoms with van der Waals surface area (Å²) in [6.45, 7) is 5.41. The van der Waals surface area contributed by atoms with Gasteiger partial charge in [0.2, 0.25) is 0 Å². The number of amidine groups is 1. The summed E-state index contributed by atoms with van der Waals surface area (Å²) in [5, 5.41) is 18.5. The van der Waals surface area contributed by atoms with E-state index in [0.29, 0.717) is 17.9 Å². The molecule has 0 unspecified atom stereocenters. The summed E-state index contributed by atoms with van der Waals surface area (Å²) in [6.07, 6.45) is 9.56. The largest absolute Gasteiger partial charge is 0.384 e. The zero-order valence-electron chi connectivity index (χ0n) is 13.3. The average molecular weight is 288 g/mol. The highest BCUT2D eigenvalue weighted by Gasteiger charge is 2.29. The summed E-state index contributed by atoms with van der Waals surface area (Å²) in [5.74, 6) is 1.42. The highest BCUT2D eigenvalue weighted by molar-refractivity contribution is 6.04. The Hall–Kier alpha value is -1.29. The van der Waals surface area contributed by atoms with Crippen LogP contribution in [0.2, 0.25) is 0 Å². The summed E-state index contributed by atoms with van der Waals surface area (Å²) in [4.78, 5) is 0. The van der Waals surface area contributed by atoms with Crippen molar-refractivity contribution in [1.82, 2.24) is 16.0 Å². The van der Waals surface area contributed by atoms with Crippen molar-refractivity contribution in [2.45, 2.75) is 64.5 Å². The first-order valence-corrected chi connectivity index (χ1v) is 8.43. The van der Waals surface area contributed by atoms with E-state index in [1.807, 2.05) is 6.20 Å². The molecule has 2 atom stereocenters. The minimum absolute atomic E-state index is 0.496. The SMILES string of the molecule is CC[C@@H]1CC[C@H](N/C(C)=C2/C(=N)NC=C2CC2CC2)CN1. The van der Waals surface area contributed by atoms with Crippen LogP contribution in [-0.2, 0) is 0 Å². The Kier molecular flexibility index (Phi) is 4.34. The third kappa shape index (κ3) is 3.49. The molecule has 1 saturated heterocycles. The summed E-state index contributed by atoms with van der Waals surface area (Å²) in [5.41, 5.74) is 3.60. The van der Waals surface area contributed by atoms with Gasteiger partial charge in [-0.1, -0.05) is 6.92 Å². The van der Waals surface area contributed by atoms with Gasteiger partial charge in [-0.05, 0) is 56.9 Å². The van der Waals surface area contributed by atoms with Crippen molar-refractivity contribution < 1.29 is 0 Å². The normalized spacial score (nSPS) is 31.7. The lowest BCUT2D eigenvalue weighted by Gasteiger charge is -2.31. The molecule has 0 aromatic carbocycles. The Balaban J connectivity index is 1.63. The maximum absolute atomic E-state index is 8.13. The molecule has 3 rings (SSSR count). The molecule has 21 heavy (non-hydrogen) atoms. The van der Waals surface area contributed by atoms with Crippen molar-refractivity contribution in [2.75, 3.05) is 6.54 Å². The van der Waals surface area contributed by atoms with E-state index in [4.69, 9.17) is 5.41 Å². The van der Waals surface area contributed by atoms with Crippen molar-refractivity contribution >= 4 is 5.84 Å². The molecule has 3 aliphatic rings. The van der Waals surface area contributed by atoms with Crippen molar-refractivity contribution in [3.8, 4) is 0 Å². The van der Waals surface area contributed by atoms with E-state index in [9.17, 15) is 0 Å². The van der Waals surface area contributed by atoms with E-state index in [-0.39, 0.29) is 0 Å². The topological polar surface area (TPSA) is 59.9 Å². The lowest BCUT2D eigenvalue weighted by molar-refractivity contribution is 0.333. The molecule has 0 radical (unpaired) electrons. The molecule has 4 nitrogen and oxygen atoms in total. The second-order valence-corrected chi connectivity index (χ2v) is 6.77. The monoisotopic (exact) mass is 288 g/mol. The number of allylic oxidation sites excluding steroid dienone is 1.